The van der Waals surface area contributed by atoms with Crippen LogP contribution in [0.25, 0.3) is 0 Å². The molecule has 1 heterocycles. The zero-order valence-corrected chi connectivity index (χ0v) is 11.4. The monoisotopic (exact) mass is 307 g/mol. The molecule has 21 heavy (non-hydrogen) atoms. The first kappa shape index (κ1) is 14.9. The molecule has 0 bridgehead atoms. The summed E-state index contributed by atoms with van der Waals surface area (Å²) in [6, 6.07) is 3.43. The summed E-state index contributed by atoms with van der Waals surface area (Å²) in [5, 5.41) is 8.56. The van der Waals surface area contributed by atoms with Crippen LogP contribution in [0.4, 0.5) is 10.1 Å². The predicted octanol–water partition coefficient (Wildman–Crippen LogP) is 0.760. The van der Waals surface area contributed by atoms with Gasteiger partial charge in [-0.3, -0.25) is 4.72 Å². The Bertz CT molecular complexity index is 798. The molecule has 0 aliphatic carbocycles. The number of nitrogens with zero attached hydrogens (tertiary/aromatic N) is 2. The molecule has 8 heteroatoms. The highest BCUT2D eigenvalue weighted by atomic mass is 32.2. The van der Waals surface area contributed by atoms with Crippen LogP contribution in [-0.4, -0.2) is 30.1 Å². The lowest BCUT2D eigenvalue weighted by Gasteiger charge is -2.08. The molecule has 6 nitrogen and oxygen atoms in total. The quantitative estimate of drug-likeness (QED) is 0.817. The number of anilines is 1. The predicted molar refractivity (Wildman–Crippen MR) is 73.2 cm³/mol. The van der Waals surface area contributed by atoms with Gasteiger partial charge in [-0.05, 0) is 18.2 Å². The van der Waals surface area contributed by atoms with Crippen LogP contribution in [0.15, 0.2) is 41.8 Å². The van der Waals surface area contributed by atoms with E-state index in [2.05, 4.69) is 26.5 Å². The molecule has 0 aliphatic heterocycles. The normalized spacial score (nSPS) is 10.6. The summed E-state index contributed by atoms with van der Waals surface area (Å²) < 4.78 is 40.2. The molecule has 0 saturated heterocycles. The molecule has 0 spiro atoms. The number of aromatic nitrogens is 2. The summed E-state index contributed by atoms with van der Waals surface area (Å²) in [5.41, 5.74) is 0.393. The molecule has 0 unspecified atom stereocenters. The first-order valence-corrected chi connectivity index (χ1v) is 7.18. The van der Waals surface area contributed by atoms with Crippen molar-refractivity contribution in [2.45, 2.75) is 4.90 Å². The van der Waals surface area contributed by atoms with Crippen LogP contribution in [0.1, 0.15) is 5.56 Å². The largest absolute Gasteiger partial charge is 0.384 e. The summed E-state index contributed by atoms with van der Waals surface area (Å²) in [5.74, 6) is 3.89. The number of rotatable bonds is 3. The van der Waals surface area contributed by atoms with Gasteiger partial charge >= 0.3 is 0 Å². The van der Waals surface area contributed by atoms with E-state index < -0.39 is 20.7 Å². The molecule has 2 N–H and O–H groups in total. The van der Waals surface area contributed by atoms with E-state index in [1.165, 1.54) is 24.8 Å². The second kappa shape index (κ2) is 6.30. The van der Waals surface area contributed by atoms with Crippen LogP contribution in [0.3, 0.4) is 0 Å². The molecule has 0 atom stereocenters. The number of aliphatic hydroxyl groups is 1. The highest BCUT2D eigenvalue weighted by molar-refractivity contribution is 7.92. The van der Waals surface area contributed by atoms with Gasteiger partial charge in [0, 0.05) is 5.56 Å². The number of hydrogen-bond donors (Lipinski definition) is 2. The third-order valence-corrected chi connectivity index (χ3v) is 3.76. The van der Waals surface area contributed by atoms with Crippen molar-refractivity contribution in [3.8, 4) is 11.8 Å². The fourth-order valence-corrected chi connectivity index (χ4v) is 2.59. The number of sulfonamides is 1. The Morgan fingerprint density at radius 2 is 2.00 bits per heavy atom. The maximum absolute atomic E-state index is 13.9. The fourth-order valence-electron chi connectivity index (χ4n) is 1.50. The second-order valence-electron chi connectivity index (χ2n) is 3.84. The van der Waals surface area contributed by atoms with Crippen LogP contribution in [0.5, 0.6) is 0 Å². The van der Waals surface area contributed by atoms with E-state index in [-0.39, 0.29) is 17.9 Å². The molecule has 1 aromatic carbocycles. The SMILES string of the molecule is O=S(=O)(Nc1cncnc1)c1ccc(C#CCO)cc1F. The lowest BCUT2D eigenvalue weighted by Crippen LogP contribution is -2.15. The van der Waals surface area contributed by atoms with Crippen LogP contribution in [0.2, 0.25) is 0 Å². The fraction of sp³-hybridized carbons (Fsp3) is 0.0769. The summed E-state index contributed by atoms with van der Waals surface area (Å²) >= 11 is 0. The number of benzene rings is 1. The Balaban J connectivity index is 2.32. The highest BCUT2D eigenvalue weighted by Gasteiger charge is 2.19. The molecular weight excluding hydrogens is 297 g/mol. The molecule has 0 fully saturated rings. The maximum atomic E-state index is 13.9. The number of nitrogens with one attached hydrogen (secondary N) is 1. The molecule has 1 aromatic heterocycles. The standard InChI is InChI=1S/C13H10FN3O3S/c14-12-6-10(2-1-5-18)3-4-13(12)21(19,20)17-11-7-15-9-16-8-11/h3-4,6-9,17-18H,5H2. The lowest BCUT2D eigenvalue weighted by atomic mass is 10.2. The van der Waals surface area contributed by atoms with Crippen LogP contribution < -0.4 is 4.72 Å². The Kier molecular flexibility index (Phi) is 4.47. The minimum absolute atomic E-state index is 0.126. The third-order valence-electron chi connectivity index (χ3n) is 2.35. The Morgan fingerprint density at radius 3 is 2.62 bits per heavy atom. The molecule has 0 radical (unpaired) electrons. The topological polar surface area (TPSA) is 92.2 Å². The molecule has 2 aromatic rings. The Labute approximate surface area is 120 Å². The molecule has 2 rings (SSSR count). The van der Waals surface area contributed by atoms with E-state index in [1.54, 1.807) is 0 Å². The van der Waals surface area contributed by atoms with Gasteiger partial charge < -0.3 is 5.11 Å². The van der Waals surface area contributed by atoms with Gasteiger partial charge in [0.25, 0.3) is 10.0 Å². The second-order valence-corrected chi connectivity index (χ2v) is 5.49. The summed E-state index contributed by atoms with van der Waals surface area (Å²) in [4.78, 5) is 6.81. The van der Waals surface area contributed by atoms with Crippen LogP contribution in [-0.2, 0) is 10.0 Å². The van der Waals surface area contributed by atoms with Gasteiger partial charge in [-0.25, -0.2) is 22.8 Å². The van der Waals surface area contributed by atoms with Crippen molar-refractivity contribution in [1.82, 2.24) is 9.97 Å². The highest BCUT2D eigenvalue weighted by Crippen LogP contribution is 2.18. The van der Waals surface area contributed by atoms with Gasteiger partial charge in [-0.1, -0.05) is 11.8 Å². The van der Waals surface area contributed by atoms with E-state index >= 15 is 0 Å². The van der Waals surface area contributed by atoms with Gasteiger partial charge in [0.2, 0.25) is 0 Å². The van der Waals surface area contributed by atoms with Gasteiger partial charge in [0.1, 0.15) is 23.6 Å². The van der Waals surface area contributed by atoms with E-state index in [0.29, 0.717) is 0 Å². The zero-order valence-electron chi connectivity index (χ0n) is 10.6. The van der Waals surface area contributed by atoms with Crippen molar-refractivity contribution >= 4 is 15.7 Å². The summed E-state index contributed by atoms with van der Waals surface area (Å²) in [7, 11) is -4.08. The number of hydrogen-bond acceptors (Lipinski definition) is 5. The minimum Gasteiger partial charge on any atom is -0.384 e. The van der Waals surface area contributed by atoms with Crippen molar-refractivity contribution in [2.75, 3.05) is 11.3 Å². The van der Waals surface area contributed by atoms with Gasteiger partial charge in [-0.2, -0.15) is 0 Å². The molecular formula is C13H10FN3O3S. The van der Waals surface area contributed by atoms with E-state index in [0.717, 1.165) is 12.1 Å². The minimum atomic E-state index is -4.08. The average molecular weight is 307 g/mol. The average Bonchev–Trinajstić information content (AvgIpc) is 2.45. The smallest absolute Gasteiger partial charge is 0.264 e. The van der Waals surface area contributed by atoms with E-state index in [1.807, 2.05) is 0 Å². The molecule has 0 amide bonds. The summed E-state index contributed by atoms with van der Waals surface area (Å²) in [6.07, 6.45) is 3.75. The lowest BCUT2D eigenvalue weighted by molar-refractivity contribution is 0.350. The van der Waals surface area contributed by atoms with Crippen molar-refractivity contribution in [3.63, 3.8) is 0 Å². The van der Waals surface area contributed by atoms with Gasteiger partial charge in [-0.15, -0.1) is 0 Å². The maximum Gasteiger partial charge on any atom is 0.264 e. The van der Waals surface area contributed by atoms with Gasteiger partial charge in [0.05, 0.1) is 18.1 Å². The van der Waals surface area contributed by atoms with Crippen molar-refractivity contribution in [1.29, 1.82) is 0 Å². The van der Waals surface area contributed by atoms with Crippen molar-refractivity contribution in [2.24, 2.45) is 0 Å². The Hall–Kier alpha value is -2.50. The van der Waals surface area contributed by atoms with Crippen molar-refractivity contribution < 1.29 is 17.9 Å². The molecule has 108 valence electrons. The summed E-state index contributed by atoms with van der Waals surface area (Å²) in [6.45, 7) is -0.364. The first-order valence-electron chi connectivity index (χ1n) is 5.70. The first-order chi connectivity index (χ1) is 10.0. The van der Waals surface area contributed by atoms with E-state index in [9.17, 15) is 12.8 Å². The Morgan fingerprint density at radius 1 is 1.29 bits per heavy atom. The van der Waals surface area contributed by atoms with Gasteiger partial charge in [0.15, 0.2) is 0 Å². The van der Waals surface area contributed by atoms with Crippen LogP contribution in [0, 0.1) is 17.7 Å². The molecule has 0 aliphatic rings. The number of halogens is 1. The van der Waals surface area contributed by atoms with E-state index in [4.69, 9.17) is 5.11 Å². The van der Waals surface area contributed by atoms with Crippen molar-refractivity contribution in [3.05, 3.63) is 48.3 Å². The van der Waals surface area contributed by atoms with Crippen LogP contribution >= 0.6 is 0 Å². The molecule has 0 saturated carbocycles. The number of aliphatic hydroxyl groups excluding tert-OH is 1. The third kappa shape index (κ3) is 3.75. The zero-order chi connectivity index (χ0) is 15.3.